The largest absolute Gasteiger partial charge is 0.364 e. The minimum absolute atomic E-state index is 0.0193. The van der Waals surface area contributed by atoms with Crippen LogP contribution in [-0.2, 0) is 9.53 Å². The van der Waals surface area contributed by atoms with Crippen LogP contribution in [0.3, 0.4) is 0 Å². The van der Waals surface area contributed by atoms with E-state index in [4.69, 9.17) is 10.5 Å². The first-order valence-electron chi connectivity index (χ1n) is 7.58. The number of carbonyl (C=O) groups excluding carboxylic acids is 1. The van der Waals surface area contributed by atoms with E-state index in [2.05, 4.69) is 29.6 Å². The average molecular weight is 306 g/mol. The molecule has 3 rings (SSSR count). The van der Waals surface area contributed by atoms with Gasteiger partial charge in [0.05, 0.1) is 6.10 Å². The summed E-state index contributed by atoms with van der Waals surface area (Å²) in [5, 5.41) is 3.07. The zero-order valence-electron chi connectivity index (χ0n) is 12.1. The number of hydrogen-bond donors (Lipinski definition) is 2. The second kappa shape index (κ2) is 6.38. The molecule has 5 heteroatoms. The molecule has 1 heterocycles. The van der Waals surface area contributed by atoms with Crippen molar-refractivity contribution in [3.05, 3.63) is 30.3 Å². The molecule has 0 aromatic heterocycles. The van der Waals surface area contributed by atoms with E-state index in [1.165, 1.54) is 4.90 Å². The van der Waals surface area contributed by atoms with E-state index < -0.39 is 0 Å². The zero-order chi connectivity index (χ0) is 14.7. The molecular weight excluding hydrogens is 284 g/mol. The van der Waals surface area contributed by atoms with Gasteiger partial charge < -0.3 is 15.8 Å². The van der Waals surface area contributed by atoms with Crippen LogP contribution >= 0.6 is 11.8 Å². The van der Waals surface area contributed by atoms with Crippen molar-refractivity contribution in [2.24, 2.45) is 5.73 Å². The van der Waals surface area contributed by atoms with Crippen molar-refractivity contribution in [1.29, 1.82) is 0 Å². The fourth-order valence-electron chi connectivity index (χ4n) is 2.63. The topological polar surface area (TPSA) is 64.4 Å². The zero-order valence-corrected chi connectivity index (χ0v) is 12.9. The van der Waals surface area contributed by atoms with Gasteiger partial charge in [-0.15, -0.1) is 11.8 Å². The van der Waals surface area contributed by atoms with E-state index in [9.17, 15) is 4.79 Å². The van der Waals surface area contributed by atoms with Gasteiger partial charge in [-0.25, -0.2) is 0 Å². The highest BCUT2D eigenvalue weighted by atomic mass is 32.2. The number of hydrogen-bond acceptors (Lipinski definition) is 4. The number of rotatable bonds is 6. The third-order valence-corrected chi connectivity index (χ3v) is 5.63. The lowest BCUT2D eigenvalue weighted by atomic mass is 10.2. The number of nitrogens with two attached hydrogens (primary N) is 1. The van der Waals surface area contributed by atoms with E-state index in [0.29, 0.717) is 6.54 Å². The van der Waals surface area contributed by atoms with Crippen LogP contribution in [0, 0.1) is 0 Å². The molecule has 2 atom stereocenters. The third kappa shape index (κ3) is 3.78. The van der Waals surface area contributed by atoms with Crippen molar-refractivity contribution in [2.45, 2.75) is 47.5 Å². The minimum Gasteiger partial charge on any atom is -0.364 e. The lowest BCUT2D eigenvalue weighted by Gasteiger charge is -2.18. The first kappa shape index (κ1) is 14.9. The highest BCUT2D eigenvalue weighted by Gasteiger charge is 2.44. The standard InChI is InChI=1S/C16H22N2O2S/c17-10-12-6-7-14(20-12)15(19)18-11-16(8-9-16)21-13-4-2-1-3-5-13/h1-5,12,14H,6-11,17H2,(H,18,19)/t12-,14+/m1/s1. The summed E-state index contributed by atoms with van der Waals surface area (Å²) in [4.78, 5) is 13.4. The second-order valence-corrected chi connectivity index (χ2v) is 7.42. The van der Waals surface area contributed by atoms with E-state index in [0.717, 1.165) is 32.2 Å². The van der Waals surface area contributed by atoms with E-state index in [1.807, 2.05) is 17.8 Å². The average Bonchev–Trinajstić information content (AvgIpc) is 3.10. The van der Waals surface area contributed by atoms with Crippen molar-refractivity contribution < 1.29 is 9.53 Å². The smallest absolute Gasteiger partial charge is 0.249 e. The predicted molar refractivity (Wildman–Crippen MR) is 84.2 cm³/mol. The van der Waals surface area contributed by atoms with Gasteiger partial charge in [0.1, 0.15) is 6.10 Å². The molecule has 0 spiro atoms. The van der Waals surface area contributed by atoms with Crippen LogP contribution in [0.2, 0.25) is 0 Å². The van der Waals surface area contributed by atoms with Gasteiger partial charge in [0.25, 0.3) is 0 Å². The first-order valence-corrected chi connectivity index (χ1v) is 8.40. The van der Waals surface area contributed by atoms with Gasteiger partial charge in [-0.2, -0.15) is 0 Å². The minimum atomic E-state index is -0.309. The Kier molecular flexibility index (Phi) is 4.52. The molecule has 1 aromatic carbocycles. The lowest BCUT2D eigenvalue weighted by Crippen LogP contribution is -2.39. The first-order chi connectivity index (χ1) is 10.2. The Hall–Kier alpha value is -1.04. The van der Waals surface area contributed by atoms with Gasteiger partial charge in [-0.3, -0.25) is 4.79 Å². The molecule has 114 valence electrons. The summed E-state index contributed by atoms with van der Waals surface area (Å²) in [5.41, 5.74) is 5.58. The number of nitrogens with one attached hydrogen (secondary N) is 1. The van der Waals surface area contributed by atoms with Crippen LogP contribution < -0.4 is 11.1 Å². The molecule has 0 radical (unpaired) electrons. The molecule has 0 unspecified atom stereocenters. The van der Waals surface area contributed by atoms with Crippen LogP contribution in [0.15, 0.2) is 35.2 Å². The van der Waals surface area contributed by atoms with Gasteiger partial charge in [-0.05, 0) is 37.8 Å². The maximum Gasteiger partial charge on any atom is 0.249 e. The molecule has 3 N–H and O–H groups in total. The number of amides is 1. The Balaban J connectivity index is 1.47. The molecule has 1 amide bonds. The Labute approximate surface area is 129 Å². The van der Waals surface area contributed by atoms with E-state index in [-0.39, 0.29) is 22.9 Å². The Morgan fingerprint density at radius 1 is 1.33 bits per heavy atom. The number of thioether (sulfide) groups is 1. The summed E-state index contributed by atoms with van der Waals surface area (Å²) in [6, 6.07) is 10.4. The Morgan fingerprint density at radius 2 is 2.10 bits per heavy atom. The van der Waals surface area contributed by atoms with E-state index in [1.54, 1.807) is 0 Å². The van der Waals surface area contributed by atoms with Crippen LogP contribution in [0.1, 0.15) is 25.7 Å². The molecule has 1 saturated carbocycles. The molecular formula is C16H22N2O2S. The van der Waals surface area contributed by atoms with Gasteiger partial charge >= 0.3 is 0 Å². The summed E-state index contributed by atoms with van der Waals surface area (Å²) < 4.78 is 5.82. The van der Waals surface area contributed by atoms with Crippen LogP contribution in [0.25, 0.3) is 0 Å². The normalized spacial score (nSPS) is 26.5. The van der Waals surface area contributed by atoms with Crippen molar-refractivity contribution >= 4 is 17.7 Å². The Bertz CT molecular complexity index is 490. The highest BCUT2D eigenvalue weighted by molar-refractivity contribution is 8.01. The molecule has 21 heavy (non-hydrogen) atoms. The van der Waals surface area contributed by atoms with Crippen molar-refractivity contribution in [3.63, 3.8) is 0 Å². The molecule has 4 nitrogen and oxygen atoms in total. The summed E-state index contributed by atoms with van der Waals surface area (Å²) in [7, 11) is 0. The third-order valence-electron chi connectivity index (χ3n) is 4.13. The van der Waals surface area contributed by atoms with Crippen molar-refractivity contribution in [1.82, 2.24) is 5.32 Å². The van der Waals surface area contributed by atoms with Gasteiger partial charge in [0, 0.05) is 22.7 Å². The quantitative estimate of drug-likeness (QED) is 0.843. The Morgan fingerprint density at radius 3 is 2.71 bits per heavy atom. The fraction of sp³-hybridized carbons (Fsp3) is 0.562. The lowest BCUT2D eigenvalue weighted by molar-refractivity contribution is -0.131. The van der Waals surface area contributed by atoms with Crippen LogP contribution in [0.5, 0.6) is 0 Å². The van der Waals surface area contributed by atoms with Gasteiger partial charge in [0.2, 0.25) is 5.91 Å². The van der Waals surface area contributed by atoms with E-state index >= 15 is 0 Å². The SMILES string of the molecule is NC[C@H]1CC[C@@H](C(=O)NCC2(Sc3ccccc3)CC2)O1. The van der Waals surface area contributed by atoms with Crippen LogP contribution in [-0.4, -0.2) is 36.0 Å². The number of carbonyl (C=O) groups is 1. The van der Waals surface area contributed by atoms with Gasteiger partial charge in [-0.1, -0.05) is 18.2 Å². The molecule has 1 aliphatic heterocycles. The highest BCUT2D eigenvalue weighted by Crippen LogP contribution is 2.51. The van der Waals surface area contributed by atoms with Crippen molar-refractivity contribution in [2.75, 3.05) is 13.1 Å². The second-order valence-electron chi connectivity index (χ2n) is 5.88. The summed E-state index contributed by atoms with van der Waals surface area (Å²) in [6.45, 7) is 1.22. The molecule has 1 aromatic rings. The monoisotopic (exact) mass is 306 g/mol. The predicted octanol–water partition coefficient (Wildman–Crippen LogP) is 1.93. The molecule has 1 saturated heterocycles. The molecule has 1 aliphatic carbocycles. The summed E-state index contributed by atoms with van der Waals surface area (Å²) in [6.07, 6.45) is 3.73. The number of benzene rings is 1. The fourth-order valence-corrected chi connectivity index (χ4v) is 3.87. The van der Waals surface area contributed by atoms with Crippen molar-refractivity contribution in [3.8, 4) is 0 Å². The number of ether oxygens (including phenoxy) is 1. The summed E-state index contributed by atoms with van der Waals surface area (Å²) in [5.74, 6) is 0.0193. The summed E-state index contributed by atoms with van der Waals surface area (Å²) >= 11 is 1.87. The maximum absolute atomic E-state index is 12.1. The molecule has 2 fully saturated rings. The molecule has 2 aliphatic rings. The maximum atomic E-state index is 12.1. The van der Waals surface area contributed by atoms with Gasteiger partial charge in [0.15, 0.2) is 0 Å². The molecule has 0 bridgehead atoms. The van der Waals surface area contributed by atoms with Crippen LogP contribution in [0.4, 0.5) is 0 Å².